The molecule has 56 heavy (non-hydrogen) atoms. The van der Waals surface area contributed by atoms with E-state index in [4.69, 9.17) is 14.2 Å². The van der Waals surface area contributed by atoms with Crippen LogP contribution in [0.2, 0.25) is 0 Å². The minimum Gasteiger partial charge on any atom is -0.461 e. The minimum atomic E-state index is -0.432. The van der Waals surface area contributed by atoms with Gasteiger partial charge in [0.15, 0.2) is 0 Å². The van der Waals surface area contributed by atoms with E-state index in [0.29, 0.717) is 19.3 Å². The zero-order valence-corrected chi connectivity index (χ0v) is 36.7. The molecule has 9 heteroatoms. The third-order valence-corrected chi connectivity index (χ3v) is 11.7. The summed E-state index contributed by atoms with van der Waals surface area (Å²) in [5.74, 6) is -0.601. The van der Waals surface area contributed by atoms with Crippen LogP contribution in [0.15, 0.2) is 0 Å². The van der Waals surface area contributed by atoms with Crippen LogP contribution in [-0.2, 0) is 33.4 Å². The zero-order chi connectivity index (χ0) is 41.1. The Labute approximate surface area is 343 Å². The molecule has 2 heterocycles. The number of esters is 3. The number of hydrogen-bond acceptors (Lipinski definition) is 8. The van der Waals surface area contributed by atoms with Crippen LogP contribution in [0.1, 0.15) is 233 Å². The first-order chi connectivity index (χ1) is 27.3. The van der Waals surface area contributed by atoms with E-state index in [2.05, 4.69) is 33.0 Å². The zero-order valence-electron chi connectivity index (χ0n) is 36.7. The van der Waals surface area contributed by atoms with Gasteiger partial charge in [0.25, 0.3) is 0 Å². The van der Waals surface area contributed by atoms with Crippen molar-refractivity contribution in [1.82, 2.24) is 5.32 Å². The smallest absolute Gasteiger partial charge is 0.325 e. The van der Waals surface area contributed by atoms with Crippen molar-refractivity contribution in [2.24, 2.45) is 11.8 Å². The summed E-state index contributed by atoms with van der Waals surface area (Å²) in [5, 5.41) is 12.6. The number of nitrogens with one attached hydrogen (secondary N) is 1. The Morgan fingerprint density at radius 2 is 0.964 bits per heavy atom. The molecule has 2 N–H and O–H groups in total. The quantitative estimate of drug-likeness (QED) is 0.0274. The predicted molar refractivity (Wildman–Crippen MR) is 227 cm³/mol. The van der Waals surface area contributed by atoms with Gasteiger partial charge in [0.1, 0.15) is 24.9 Å². The van der Waals surface area contributed by atoms with E-state index in [-0.39, 0.29) is 54.7 Å². The third kappa shape index (κ3) is 26.0. The molecule has 2 aliphatic rings. The Morgan fingerprint density at radius 3 is 1.38 bits per heavy atom. The number of cyclic esters (lactones) is 2. The average Bonchev–Trinajstić information content (AvgIpc) is 3.18. The van der Waals surface area contributed by atoms with Crippen molar-refractivity contribution in [2.45, 2.75) is 258 Å². The number of rotatable bonds is 38. The summed E-state index contributed by atoms with van der Waals surface area (Å²) >= 11 is 0. The highest BCUT2D eigenvalue weighted by Gasteiger charge is 2.43. The molecule has 2 aliphatic heterocycles. The van der Waals surface area contributed by atoms with Crippen LogP contribution in [0.3, 0.4) is 0 Å². The molecular weight excluding hydrogens is 707 g/mol. The highest BCUT2D eigenvalue weighted by Crippen LogP contribution is 2.33. The molecule has 0 saturated carbocycles. The minimum absolute atomic E-state index is 0.0253. The van der Waals surface area contributed by atoms with Gasteiger partial charge in [-0.1, -0.05) is 188 Å². The summed E-state index contributed by atoms with van der Waals surface area (Å²) in [4.78, 5) is 45.9. The lowest BCUT2D eigenvalue weighted by Crippen LogP contribution is -2.47. The first kappa shape index (κ1) is 51.9. The number of ether oxygens (including phenoxy) is 3. The van der Waals surface area contributed by atoms with Gasteiger partial charge in [-0.25, -0.2) is 0 Å². The molecule has 328 valence electrons. The van der Waals surface area contributed by atoms with E-state index in [1.165, 1.54) is 128 Å². The van der Waals surface area contributed by atoms with Crippen LogP contribution >= 0.6 is 0 Å². The summed E-state index contributed by atoms with van der Waals surface area (Å²) in [6, 6.07) is 0. The van der Waals surface area contributed by atoms with Gasteiger partial charge in [-0.3, -0.25) is 19.2 Å². The Bertz CT molecular complexity index is 976. The average molecular weight is 794 g/mol. The molecule has 0 bridgehead atoms. The second kappa shape index (κ2) is 36.0. The SMILES string of the molecule is CCCCCCCCCCC[C@@H](O)C[C@@H]1OC(=O)[C@H]1CCCCCC.CCCCCCCCCCC[C@H](C[C@@H]1OC(=O)[C@H]1CCCCCC)OC(=O)CNC=O. The highest BCUT2D eigenvalue weighted by atomic mass is 16.6. The Hall–Kier alpha value is -2.16. The molecule has 0 aromatic rings. The fraction of sp³-hybridized carbons (Fsp3) is 0.915. The number of hydrogen-bond donors (Lipinski definition) is 2. The van der Waals surface area contributed by atoms with Gasteiger partial charge in [-0.2, -0.15) is 0 Å². The van der Waals surface area contributed by atoms with Gasteiger partial charge in [0.2, 0.25) is 6.41 Å². The van der Waals surface area contributed by atoms with Crippen LogP contribution in [0, 0.1) is 11.8 Å². The van der Waals surface area contributed by atoms with E-state index in [1.54, 1.807) is 0 Å². The molecule has 0 aromatic carbocycles. The molecule has 0 radical (unpaired) electrons. The second-order valence-corrected chi connectivity index (χ2v) is 16.8. The first-order valence-corrected chi connectivity index (χ1v) is 23.8. The summed E-state index contributed by atoms with van der Waals surface area (Å²) in [6.07, 6.45) is 36.6. The molecular formula is C47H87NO8. The summed E-state index contributed by atoms with van der Waals surface area (Å²) in [5.41, 5.74) is 0. The Kier molecular flexibility index (Phi) is 33.3. The maximum atomic E-state index is 12.0. The van der Waals surface area contributed by atoms with E-state index >= 15 is 0 Å². The fourth-order valence-corrected chi connectivity index (χ4v) is 8.01. The predicted octanol–water partition coefficient (Wildman–Crippen LogP) is 11.6. The third-order valence-electron chi connectivity index (χ3n) is 11.7. The molecule has 1 amide bonds. The lowest BCUT2D eigenvalue weighted by atomic mass is 9.86. The van der Waals surface area contributed by atoms with E-state index in [0.717, 1.165) is 64.2 Å². The molecule has 6 atom stereocenters. The lowest BCUT2D eigenvalue weighted by molar-refractivity contribution is -0.190. The van der Waals surface area contributed by atoms with Gasteiger partial charge in [0, 0.05) is 12.8 Å². The number of amides is 1. The van der Waals surface area contributed by atoms with Crippen molar-refractivity contribution in [1.29, 1.82) is 0 Å². The summed E-state index contributed by atoms with van der Waals surface area (Å²) in [6.45, 7) is 8.74. The number of unbranched alkanes of at least 4 members (excludes halogenated alkanes) is 22. The molecule has 0 aliphatic carbocycles. The van der Waals surface area contributed by atoms with Crippen molar-refractivity contribution >= 4 is 24.3 Å². The molecule has 0 unspecified atom stereocenters. The molecule has 2 saturated heterocycles. The highest BCUT2D eigenvalue weighted by molar-refractivity contribution is 5.79. The van der Waals surface area contributed by atoms with Gasteiger partial charge >= 0.3 is 17.9 Å². The van der Waals surface area contributed by atoms with Crippen molar-refractivity contribution in [2.75, 3.05) is 6.54 Å². The maximum Gasteiger partial charge on any atom is 0.325 e. The number of carbonyl (C=O) groups is 4. The van der Waals surface area contributed by atoms with Crippen LogP contribution in [-0.4, -0.2) is 60.4 Å². The normalized spacial score (nSPS) is 19.7. The van der Waals surface area contributed by atoms with Crippen molar-refractivity contribution in [3.63, 3.8) is 0 Å². The first-order valence-electron chi connectivity index (χ1n) is 23.8. The molecule has 2 rings (SSSR count). The summed E-state index contributed by atoms with van der Waals surface area (Å²) in [7, 11) is 0. The van der Waals surface area contributed by atoms with Crippen molar-refractivity contribution in [3.8, 4) is 0 Å². The van der Waals surface area contributed by atoms with Crippen LogP contribution < -0.4 is 5.32 Å². The summed E-state index contributed by atoms with van der Waals surface area (Å²) < 4.78 is 16.3. The van der Waals surface area contributed by atoms with Gasteiger partial charge in [-0.15, -0.1) is 0 Å². The van der Waals surface area contributed by atoms with Gasteiger partial charge in [-0.05, 0) is 32.1 Å². The topological polar surface area (TPSA) is 128 Å². The lowest BCUT2D eigenvalue weighted by Gasteiger charge is -2.37. The number of aliphatic hydroxyl groups is 1. The van der Waals surface area contributed by atoms with Gasteiger partial charge < -0.3 is 24.6 Å². The molecule has 0 spiro atoms. The van der Waals surface area contributed by atoms with Gasteiger partial charge in [0.05, 0.1) is 17.9 Å². The molecule has 0 aromatic heterocycles. The maximum absolute atomic E-state index is 12.0. The Balaban J connectivity index is 0.000000573. The second-order valence-electron chi connectivity index (χ2n) is 16.8. The fourth-order valence-electron chi connectivity index (χ4n) is 8.01. The van der Waals surface area contributed by atoms with E-state index in [9.17, 15) is 24.3 Å². The number of carbonyl (C=O) groups excluding carboxylic acids is 4. The van der Waals surface area contributed by atoms with Crippen molar-refractivity contribution in [3.05, 3.63) is 0 Å². The molecule has 2 fully saturated rings. The monoisotopic (exact) mass is 794 g/mol. The standard InChI is InChI=1S/C25H45NO5.C22H42O3/c1-3-5-7-9-10-11-12-13-14-16-21(30-24(28)19-26-20-27)18-23-22(25(29)31-23)17-15-8-6-4-2;1-3-5-7-9-10-11-12-13-14-16-19(23)18-21-20(22(24)25-21)17-15-8-6-4-2/h20-23H,3-19H2,1-2H3,(H,26,27);19-21,23H,3-18H2,1-2H3/t21-,22+,23+;19-,20+,21+/m11/s1. The molecule has 9 nitrogen and oxygen atoms in total. The van der Waals surface area contributed by atoms with E-state index < -0.39 is 5.97 Å². The van der Waals surface area contributed by atoms with E-state index in [1.807, 2.05) is 0 Å². The number of aliphatic hydroxyl groups excluding tert-OH is 1. The van der Waals surface area contributed by atoms with Crippen LogP contribution in [0.25, 0.3) is 0 Å². The van der Waals surface area contributed by atoms with Crippen LogP contribution in [0.5, 0.6) is 0 Å². The van der Waals surface area contributed by atoms with Crippen molar-refractivity contribution < 1.29 is 38.5 Å². The largest absolute Gasteiger partial charge is 0.461 e. The van der Waals surface area contributed by atoms with Crippen LogP contribution in [0.4, 0.5) is 0 Å². The Morgan fingerprint density at radius 1 is 0.589 bits per heavy atom.